The summed E-state index contributed by atoms with van der Waals surface area (Å²) in [6.45, 7) is 5.29. The van der Waals surface area contributed by atoms with Gasteiger partial charge in [-0.3, -0.25) is 4.79 Å². The lowest BCUT2D eigenvalue weighted by Gasteiger charge is -2.15. The molecule has 0 bridgehead atoms. The van der Waals surface area contributed by atoms with Crippen molar-refractivity contribution in [3.8, 4) is 17.4 Å². The molecular formula is C18H15Cl2NO2. The van der Waals surface area contributed by atoms with Crippen LogP contribution in [0.25, 0.3) is 17.4 Å². The standard InChI is InChI=1S/C18H15Cl2NO2/c1-18(2,3)17(22)11(10-21)9-12-7-8-15(23-12)13-5-4-6-14(19)16(13)20/h4-9H,1-3H3/b11-9+. The zero-order valence-corrected chi connectivity index (χ0v) is 14.5. The van der Waals surface area contributed by atoms with E-state index in [4.69, 9.17) is 27.6 Å². The third-order valence-corrected chi connectivity index (χ3v) is 4.00. The SMILES string of the molecule is CC(C)(C)C(=O)/C(C#N)=C/c1ccc(-c2cccc(Cl)c2Cl)o1. The Morgan fingerprint density at radius 2 is 1.91 bits per heavy atom. The number of benzene rings is 1. The molecule has 0 amide bonds. The molecule has 5 heteroatoms. The van der Waals surface area contributed by atoms with Gasteiger partial charge in [-0.15, -0.1) is 0 Å². The van der Waals surface area contributed by atoms with E-state index >= 15 is 0 Å². The molecule has 1 heterocycles. The van der Waals surface area contributed by atoms with Crippen molar-refractivity contribution < 1.29 is 9.21 Å². The number of carbonyl (C=O) groups excluding carboxylic acids is 1. The molecule has 118 valence electrons. The van der Waals surface area contributed by atoms with Crippen LogP contribution in [0, 0.1) is 16.7 Å². The van der Waals surface area contributed by atoms with Gasteiger partial charge in [-0.1, -0.05) is 50.0 Å². The Balaban J connectivity index is 2.40. The third-order valence-electron chi connectivity index (χ3n) is 3.18. The van der Waals surface area contributed by atoms with Gasteiger partial charge in [0.1, 0.15) is 17.6 Å². The normalized spacial score (nSPS) is 12.1. The summed E-state index contributed by atoms with van der Waals surface area (Å²) in [4.78, 5) is 12.2. The third kappa shape index (κ3) is 3.85. The number of allylic oxidation sites excluding steroid dienone is 1. The van der Waals surface area contributed by atoms with Crippen LogP contribution in [-0.2, 0) is 4.79 Å². The predicted molar refractivity (Wildman–Crippen MR) is 92.2 cm³/mol. The average Bonchev–Trinajstić information content (AvgIpc) is 2.94. The molecule has 0 aliphatic rings. The van der Waals surface area contributed by atoms with Crippen molar-refractivity contribution in [1.29, 1.82) is 5.26 Å². The van der Waals surface area contributed by atoms with E-state index in [1.807, 2.05) is 6.07 Å². The molecular weight excluding hydrogens is 333 g/mol. The van der Waals surface area contributed by atoms with Gasteiger partial charge in [-0.2, -0.15) is 5.26 Å². The van der Waals surface area contributed by atoms with Crippen molar-refractivity contribution >= 4 is 35.1 Å². The maximum atomic E-state index is 12.2. The van der Waals surface area contributed by atoms with Gasteiger partial charge in [-0.25, -0.2) is 0 Å². The van der Waals surface area contributed by atoms with E-state index in [2.05, 4.69) is 0 Å². The van der Waals surface area contributed by atoms with Crippen LogP contribution in [0.1, 0.15) is 26.5 Å². The molecule has 2 aromatic rings. The number of furan rings is 1. The summed E-state index contributed by atoms with van der Waals surface area (Å²) >= 11 is 12.2. The summed E-state index contributed by atoms with van der Waals surface area (Å²) in [5, 5.41) is 10.0. The van der Waals surface area contributed by atoms with Crippen LogP contribution in [0.4, 0.5) is 0 Å². The van der Waals surface area contributed by atoms with E-state index in [0.29, 0.717) is 27.1 Å². The van der Waals surface area contributed by atoms with Crippen LogP contribution in [-0.4, -0.2) is 5.78 Å². The number of hydrogen-bond acceptors (Lipinski definition) is 3. The van der Waals surface area contributed by atoms with Gasteiger partial charge in [0.05, 0.1) is 15.6 Å². The minimum Gasteiger partial charge on any atom is -0.457 e. The van der Waals surface area contributed by atoms with Crippen LogP contribution >= 0.6 is 23.2 Å². The first-order valence-corrected chi connectivity index (χ1v) is 7.70. The molecule has 0 saturated carbocycles. The van der Waals surface area contributed by atoms with Crippen molar-refractivity contribution in [3.05, 3.63) is 51.7 Å². The molecule has 0 unspecified atom stereocenters. The largest absolute Gasteiger partial charge is 0.457 e. The van der Waals surface area contributed by atoms with E-state index in [-0.39, 0.29) is 11.4 Å². The average molecular weight is 348 g/mol. The quantitative estimate of drug-likeness (QED) is 0.522. The lowest BCUT2D eigenvalue weighted by Crippen LogP contribution is -2.21. The van der Waals surface area contributed by atoms with Crippen molar-refractivity contribution in [2.75, 3.05) is 0 Å². The summed E-state index contributed by atoms with van der Waals surface area (Å²) in [5.74, 6) is 0.688. The maximum Gasteiger partial charge on any atom is 0.178 e. The van der Waals surface area contributed by atoms with Crippen LogP contribution in [0.15, 0.2) is 40.3 Å². The number of nitriles is 1. The number of nitrogens with zero attached hydrogens (tertiary/aromatic N) is 1. The summed E-state index contributed by atoms with van der Waals surface area (Å²) in [6, 6.07) is 10.6. The Morgan fingerprint density at radius 1 is 1.22 bits per heavy atom. The summed E-state index contributed by atoms with van der Waals surface area (Å²) in [7, 11) is 0. The molecule has 0 atom stereocenters. The predicted octanol–water partition coefficient (Wildman–Crippen LogP) is 5.78. The fourth-order valence-electron chi connectivity index (χ4n) is 1.96. The van der Waals surface area contributed by atoms with Crippen molar-refractivity contribution in [1.82, 2.24) is 0 Å². The summed E-state index contributed by atoms with van der Waals surface area (Å²) in [5.41, 5.74) is 0.0721. The zero-order valence-electron chi connectivity index (χ0n) is 13.0. The van der Waals surface area contributed by atoms with Crippen molar-refractivity contribution in [2.45, 2.75) is 20.8 Å². The van der Waals surface area contributed by atoms with Crippen LogP contribution in [0.5, 0.6) is 0 Å². The van der Waals surface area contributed by atoms with Crippen LogP contribution in [0.2, 0.25) is 10.0 Å². The molecule has 3 nitrogen and oxygen atoms in total. The smallest absolute Gasteiger partial charge is 0.178 e. The number of carbonyl (C=O) groups is 1. The highest BCUT2D eigenvalue weighted by molar-refractivity contribution is 6.43. The van der Waals surface area contributed by atoms with E-state index < -0.39 is 5.41 Å². The molecule has 0 spiro atoms. The first-order chi connectivity index (χ1) is 10.7. The first-order valence-electron chi connectivity index (χ1n) is 6.95. The fourth-order valence-corrected chi connectivity index (χ4v) is 2.36. The minimum atomic E-state index is -0.632. The van der Waals surface area contributed by atoms with Crippen LogP contribution in [0.3, 0.4) is 0 Å². The van der Waals surface area contributed by atoms with E-state index in [1.165, 1.54) is 6.08 Å². The second kappa shape index (κ2) is 6.62. The topological polar surface area (TPSA) is 54.0 Å². The number of ketones is 1. The number of hydrogen-bond donors (Lipinski definition) is 0. The van der Waals surface area contributed by atoms with Crippen molar-refractivity contribution in [3.63, 3.8) is 0 Å². The van der Waals surface area contributed by atoms with Gasteiger partial charge in [0.25, 0.3) is 0 Å². The summed E-state index contributed by atoms with van der Waals surface area (Å²) in [6.07, 6.45) is 1.44. The van der Waals surface area contributed by atoms with Gasteiger partial charge in [-0.05, 0) is 24.3 Å². The monoisotopic (exact) mass is 347 g/mol. The first kappa shape index (κ1) is 17.3. The Labute approximate surface area is 145 Å². The Hall–Kier alpha value is -2.02. The van der Waals surface area contributed by atoms with Gasteiger partial charge in [0.2, 0.25) is 0 Å². The molecule has 1 aromatic heterocycles. The van der Waals surface area contributed by atoms with E-state index in [9.17, 15) is 10.1 Å². The lowest BCUT2D eigenvalue weighted by atomic mass is 9.86. The minimum absolute atomic E-state index is 0.0515. The molecule has 0 radical (unpaired) electrons. The van der Waals surface area contributed by atoms with Gasteiger partial charge in [0, 0.05) is 17.1 Å². The van der Waals surface area contributed by atoms with Gasteiger partial charge < -0.3 is 4.42 Å². The molecule has 0 aliphatic carbocycles. The Bertz CT molecular complexity index is 820. The highest BCUT2D eigenvalue weighted by Gasteiger charge is 2.25. The van der Waals surface area contributed by atoms with E-state index in [1.54, 1.807) is 51.1 Å². The zero-order chi connectivity index (χ0) is 17.2. The van der Waals surface area contributed by atoms with Gasteiger partial charge in [0.15, 0.2) is 5.78 Å². The van der Waals surface area contributed by atoms with E-state index in [0.717, 1.165) is 0 Å². The van der Waals surface area contributed by atoms with Crippen molar-refractivity contribution in [2.24, 2.45) is 5.41 Å². The fraction of sp³-hybridized carbons (Fsp3) is 0.222. The molecule has 2 rings (SSSR count). The Kier molecular flexibility index (Phi) is 4.99. The molecule has 0 saturated heterocycles. The maximum absolute atomic E-state index is 12.2. The molecule has 23 heavy (non-hydrogen) atoms. The molecule has 1 aromatic carbocycles. The van der Waals surface area contributed by atoms with Crippen LogP contribution < -0.4 is 0 Å². The molecule has 0 N–H and O–H groups in total. The summed E-state index contributed by atoms with van der Waals surface area (Å²) < 4.78 is 5.68. The number of Topliss-reactive ketones (excluding diaryl/α,β-unsaturated/α-hetero) is 1. The lowest BCUT2D eigenvalue weighted by molar-refractivity contribution is -0.121. The Morgan fingerprint density at radius 3 is 2.52 bits per heavy atom. The molecule has 0 aliphatic heterocycles. The van der Waals surface area contributed by atoms with Gasteiger partial charge >= 0.3 is 0 Å². The second-order valence-electron chi connectivity index (χ2n) is 6.05. The number of halogens is 2. The second-order valence-corrected chi connectivity index (χ2v) is 6.84. The highest BCUT2D eigenvalue weighted by atomic mass is 35.5. The number of rotatable bonds is 3. The highest BCUT2D eigenvalue weighted by Crippen LogP contribution is 2.34. The molecule has 0 fully saturated rings.